The molecule has 2 aromatic carbocycles. The van der Waals surface area contributed by atoms with Crippen LogP contribution in [0.1, 0.15) is 50.8 Å². The zero-order chi connectivity index (χ0) is 33.9. The first-order valence-electron chi connectivity index (χ1n) is 16.3. The van der Waals surface area contributed by atoms with E-state index in [1.54, 1.807) is 19.9 Å². The van der Waals surface area contributed by atoms with Gasteiger partial charge in [0, 0.05) is 23.2 Å². The molecule has 0 aliphatic carbocycles. The molecule has 250 valence electrons. The molecule has 5 heterocycles. The Labute approximate surface area is 276 Å². The highest BCUT2D eigenvalue weighted by Crippen LogP contribution is 2.43. The van der Waals surface area contributed by atoms with Crippen molar-refractivity contribution in [1.29, 1.82) is 0 Å². The molecule has 2 aromatic heterocycles. The van der Waals surface area contributed by atoms with E-state index in [4.69, 9.17) is 21.9 Å². The molecule has 2 saturated heterocycles. The summed E-state index contributed by atoms with van der Waals surface area (Å²) in [6.45, 7) is 9.54. The third-order valence-electron chi connectivity index (χ3n) is 9.98. The maximum Gasteiger partial charge on any atom is 0.319 e. The third kappa shape index (κ3) is 5.39. The number of alkyl halides is 2. The van der Waals surface area contributed by atoms with Gasteiger partial charge < -0.3 is 15.8 Å². The largest absolute Gasteiger partial charge is 0.461 e. The second kappa shape index (κ2) is 12.2. The Morgan fingerprint density at radius 2 is 2.04 bits per heavy atom. The number of hydrogen-bond donors (Lipinski definition) is 3. The average Bonchev–Trinajstić information content (AvgIpc) is 3.54. The maximum absolute atomic E-state index is 17.0. The molecule has 2 fully saturated rings. The van der Waals surface area contributed by atoms with Crippen molar-refractivity contribution in [2.24, 2.45) is 5.92 Å². The van der Waals surface area contributed by atoms with Crippen LogP contribution in [-0.4, -0.2) is 63.7 Å². The number of anilines is 2. The van der Waals surface area contributed by atoms with Gasteiger partial charge in [-0.15, -0.1) is 6.42 Å². The average molecular weight is 660 g/mol. The van der Waals surface area contributed by atoms with Crippen molar-refractivity contribution in [3.8, 4) is 29.6 Å². The molecule has 48 heavy (non-hydrogen) atoms. The van der Waals surface area contributed by atoms with Gasteiger partial charge in [0.2, 0.25) is 0 Å². The maximum atomic E-state index is 17.0. The van der Waals surface area contributed by atoms with Gasteiger partial charge in [-0.25, -0.2) is 22.5 Å². The second-order valence-electron chi connectivity index (χ2n) is 13.3. The van der Waals surface area contributed by atoms with Crippen LogP contribution in [-0.2, 0) is 6.42 Å². The van der Waals surface area contributed by atoms with Crippen LogP contribution in [0.5, 0.6) is 6.01 Å². The van der Waals surface area contributed by atoms with Gasteiger partial charge in [-0.05, 0) is 68.2 Å². The Morgan fingerprint density at radius 3 is 2.81 bits per heavy atom. The molecular weight excluding hydrogens is 622 g/mol. The number of fused-ring (bicyclic) bond motifs is 2. The number of terminal acetylenes is 1. The minimum absolute atomic E-state index is 0.0567. The Bertz CT molecular complexity index is 2000. The van der Waals surface area contributed by atoms with Crippen molar-refractivity contribution in [2.75, 3.05) is 30.7 Å². The topological polar surface area (TPSA) is 101 Å². The molecule has 4 unspecified atom stereocenters. The van der Waals surface area contributed by atoms with Crippen LogP contribution < -0.4 is 21.1 Å². The van der Waals surface area contributed by atoms with Gasteiger partial charge in [0.25, 0.3) is 0 Å². The van der Waals surface area contributed by atoms with Gasteiger partial charge in [-0.1, -0.05) is 38.0 Å². The van der Waals surface area contributed by atoms with E-state index < -0.39 is 36.2 Å². The van der Waals surface area contributed by atoms with Crippen molar-refractivity contribution in [3.63, 3.8) is 0 Å². The number of rotatable bonds is 8. The number of nitrogens with zero attached hydrogens (tertiary/aromatic N) is 4. The molecule has 0 bridgehead atoms. The first-order chi connectivity index (χ1) is 23.0. The first-order valence-corrected chi connectivity index (χ1v) is 16.3. The van der Waals surface area contributed by atoms with Crippen LogP contribution in [0.4, 0.5) is 29.1 Å². The summed E-state index contributed by atoms with van der Waals surface area (Å²) in [4.78, 5) is 16.3. The van der Waals surface area contributed by atoms with E-state index in [2.05, 4.69) is 38.0 Å². The highest BCUT2D eigenvalue weighted by atomic mass is 19.2. The molecule has 7 rings (SSSR count). The van der Waals surface area contributed by atoms with Crippen LogP contribution in [0.3, 0.4) is 0 Å². The Balaban J connectivity index is 1.41. The monoisotopic (exact) mass is 659 g/mol. The summed E-state index contributed by atoms with van der Waals surface area (Å²) in [5.74, 6) is 0.580. The van der Waals surface area contributed by atoms with Crippen LogP contribution >= 0.6 is 0 Å². The predicted molar refractivity (Wildman–Crippen MR) is 179 cm³/mol. The van der Waals surface area contributed by atoms with E-state index in [0.717, 1.165) is 37.9 Å². The predicted octanol–water partition coefficient (Wildman–Crippen LogP) is 6.42. The number of benzene rings is 2. The van der Waals surface area contributed by atoms with Gasteiger partial charge >= 0.3 is 6.01 Å². The third-order valence-corrected chi connectivity index (χ3v) is 9.98. The van der Waals surface area contributed by atoms with E-state index >= 15 is 8.78 Å². The van der Waals surface area contributed by atoms with Crippen LogP contribution in [0.15, 0.2) is 36.4 Å². The fraction of sp³-hybridized carbons (Fsp3) is 0.417. The fourth-order valence-electron chi connectivity index (χ4n) is 7.65. The molecular formula is C36H37F4N7O. The Kier molecular flexibility index (Phi) is 8.16. The number of hydrogen-bond acceptors (Lipinski definition) is 8. The van der Waals surface area contributed by atoms with Crippen molar-refractivity contribution in [2.45, 2.75) is 70.1 Å². The first kappa shape index (κ1) is 32.1. The van der Waals surface area contributed by atoms with Crippen LogP contribution in [0.25, 0.3) is 32.9 Å². The number of nitrogen functional groups attached to an aromatic ring is 1. The molecule has 4 N–H and O–H groups in total. The standard InChI is InChI=1S/C36H37F4N7O/c1-5-22-24(37)9-8-20-13-21(41)14-23(27(20)22)31-29(39)32-28-25(42-31)12-19(4)30(33(40)43-26(38)6-2)44-34(28)46-35(45-32)48-17-36-10-7-11-47(36)16-18(3)15-36/h1,8-9,13-14,19,26,30,33,43H,3,6-7,10-12,15-17,41H2,2,4H3,(H,44,45,46)/t19-,26?,30?,33?,36?/m0/s1. The van der Waals surface area contributed by atoms with E-state index in [1.165, 1.54) is 18.2 Å². The molecule has 4 aromatic rings. The normalized spacial score (nSPS) is 23.5. The number of aromatic nitrogens is 3. The summed E-state index contributed by atoms with van der Waals surface area (Å²) in [5, 5.41) is 6.52. The van der Waals surface area contributed by atoms with Crippen molar-refractivity contribution in [3.05, 3.63) is 59.3 Å². The molecule has 0 saturated carbocycles. The van der Waals surface area contributed by atoms with Crippen molar-refractivity contribution >= 4 is 33.2 Å². The quantitative estimate of drug-likeness (QED) is 0.0655. The zero-order valence-electron chi connectivity index (χ0n) is 26.8. The van der Waals surface area contributed by atoms with Gasteiger partial charge in [-0.3, -0.25) is 10.2 Å². The molecule has 3 aliphatic heterocycles. The molecule has 3 aliphatic rings. The number of pyridine rings is 1. The number of nitrogens with one attached hydrogen (secondary N) is 2. The Hall–Kier alpha value is -4.47. The van der Waals surface area contributed by atoms with Crippen LogP contribution in [0, 0.1) is 29.9 Å². The minimum Gasteiger partial charge on any atom is -0.461 e. The molecule has 0 radical (unpaired) electrons. The lowest BCUT2D eigenvalue weighted by Crippen LogP contribution is -2.47. The lowest BCUT2D eigenvalue weighted by molar-refractivity contribution is 0.108. The lowest BCUT2D eigenvalue weighted by atomic mass is 9.93. The number of halogens is 4. The SMILES string of the molecule is C#Cc1c(F)ccc2cc(N)cc(-c3nc4c5c(nc(OCC67CCCN6CC(=C)C7)nc5c3F)NC(C(F)NC(F)CC)[C@@H](C)C4)c12. The van der Waals surface area contributed by atoms with Gasteiger partial charge in [-0.2, -0.15) is 9.97 Å². The summed E-state index contributed by atoms with van der Waals surface area (Å²) in [6.07, 6.45) is 5.29. The number of nitrogens with two attached hydrogens (primary N) is 1. The highest BCUT2D eigenvalue weighted by molar-refractivity contribution is 6.04. The fourth-order valence-corrected chi connectivity index (χ4v) is 7.65. The summed E-state index contributed by atoms with van der Waals surface area (Å²) in [5.41, 5.74) is 7.66. The van der Waals surface area contributed by atoms with Crippen molar-refractivity contribution < 1.29 is 22.3 Å². The molecule has 12 heteroatoms. The molecule has 8 nitrogen and oxygen atoms in total. The highest BCUT2D eigenvalue weighted by Gasteiger charge is 2.46. The number of ether oxygens (including phenoxy) is 1. The minimum atomic E-state index is -1.81. The van der Waals surface area contributed by atoms with Gasteiger partial charge in [0.15, 0.2) is 18.4 Å². The Morgan fingerprint density at radius 1 is 1.23 bits per heavy atom. The zero-order valence-corrected chi connectivity index (χ0v) is 26.8. The molecule has 5 atom stereocenters. The summed E-state index contributed by atoms with van der Waals surface area (Å²) < 4.78 is 68.2. The van der Waals surface area contributed by atoms with E-state index in [-0.39, 0.29) is 69.9 Å². The van der Waals surface area contributed by atoms with Crippen LogP contribution in [0.2, 0.25) is 0 Å². The molecule has 0 spiro atoms. The smallest absolute Gasteiger partial charge is 0.319 e. The van der Waals surface area contributed by atoms with E-state index in [9.17, 15) is 8.78 Å². The van der Waals surface area contributed by atoms with Gasteiger partial charge in [0.05, 0.1) is 28.2 Å². The molecule has 0 amide bonds. The second-order valence-corrected chi connectivity index (χ2v) is 13.3. The summed E-state index contributed by atoms with van der Waals surface area (Å²) in [7, 11) is 0. The van der Waals surface area contributed by atoms with Crippen molar-refractivity contribution in [1.82, 2.24) is 25.2 Å². The lowest BCUT2D eigenvalue weighted by Gasteiger charge is -2.31. The van der Waals surface area contributed by atoms with Gasteiger partial charge in [0.1, 0.15) is 29.5 Å². The van der Waals surface area contributed by atoms with E-state index in [1.807, 2.05) is 0 Å². The van der Waals surface area contributed by atoms with E-state index in [0.29, 0.717) is 16.8 Å². The summed E-state index contributed by atoms with van der Waals surface area (Å²) in [6, 6.07) is 4.83. The summed E-state index contributed by atoms with van der Waals surface area (Å²) >= 11 is 0.